The number of aryl methyl sites for hydroxylation is 1. The van der Waals surface area contributed by atoms with E-state index in [1.165, 1.54) is 12.1 Å². The third-order valence-corrected chi connectivity index (χ3v) is 5.66. The molecule has 2 heterocycles. The monoisotopic (exact) mass is 383 g/mol. The van der Waals surface area contributed by atoms with Crippen molar-refractivity contribution in [3.63, 3.8) is 0 Å². The van der Waals surface area contributed by atoms with Crippen LogP contribution in [0.3, 0.4) is 0 Å². The first kappa shape index (κ1) is 18.6. The number of benzene rings is 2. The average molecular weight is 383 g/mol. The molecule has 0 aromatic heterocycles. The number of fused-ring (bicyclic) bond motifs is 2. The minimum absolute atomic E-state index is 0.226. The number of rotatable bonds is 4. The molecule has 6 heteroatoms. The topological polar surface area (TPSA) is 70.8 Å². The molecule has 28 heavy (non-hydrogen) atoms. The molecule has 2 unspecified atom stereocenters. The van der Waals surface area contributed by atoms with Crippen molar-refractivity contribution < 1.29 is 14.2 Å². The number of piperidine rings is 1. The van der Waals surface area contributed by atoms with Crippen LogP contribution in [-0.2, 0) is 4.74 Å². The van der Waals surface area contributed by atoms with E-state index in [2.05, 4.69) is 16.4 Å². The summed E-state index contributed by atoms with van der Waals surface area (Å²) >= 11 is 0. The zero-order valence-corrected chi connectivity index (χ0v) is 15.9. The quantitative estimate of drug-likeness (QED) is 0.557. The van der Waals surface area contributed by atoms with Crippen molar-refractivity contribution in [1.29, 1.82) is 0 Å². The van der Waals surface area contributed by atoms with Crippen LogP contribution in [-0.4, -0.2) is 42.4 Å². The van der Waals surface area contributed by atoms with Crippen LogP contribution in [0.15, 0.2) is 42.6 Å². The van der Waals surface area contributed by atoms with E-state index in [1.807, 2.05) is 13.0 Å². The van der Waals surface area contributed by atoms with Gasteiger partial charge in [0.25, 0.3) is 0 Å². The van der Waals surface area contributed by atoms with Gasteiger partial charge in [-0.15, -0.1) is 0 Å². The molecule has 2 fully saturated rings. The second-order valence-electron chi connectivity index (χ2n) is 7.77. The molecule has 3 atom stereocenters. The highest BCUT2D eigenvalue weighted by atomic mass is 19.1. The Kier molecular flexibility index (Phi) is 5.13. The predicted octanol–water partition coefficient (Wildman–Crippen LogP) is 3.45. The van der Waals surface area contributed by atoms with Gasteiger partial charge >= 0.3 is 0 Å². The molecule has 5 nitrogen and oxygen atoms in total. The Labute approximate surface area is 164 Å². The summed E-state index contributed by atoms with van der Waals surface area (Å²) < 4.78 is 18.9. The second-order valence-corrected chi connectivity index (χ2v) is 7.77. The molecule has 4 N–H and O–H groups in total. The van der Waals surface area contributed by atoms with Crippen LogP contribution in [0.2, 0.25) is 0 Å². The number of hydrogen-bond acceptors (Lipinski definition) is 5. The van der Waals surface area contributed by atoms with Gasteiger partial charge in [0.1, 0.15) is 11.6 Å². The van der Waals surface area contributed by atoms with E-state index in [-0.39, 0.29) is 11.6 Å². The van der Waals surface area contributed by atoms with Crippen LogP contribution in [0.5, 0.6) is 5.75 Å². The largest absolute Gasteiger partial charge is 0.508 e. The number of nitrogens with zero attached hydrogens (tertiary/aromatic N) is 1. The van der Waals surface area contributed by atoms with Crippen molar-refractivity contribution in [2.45, 2.75) is 13.0 Å². The maximum atomic E-state index is 13.2. The lowest BCUT2D eigenvalue weighted by Gasteiger charge is -2.47. The lowest BCUT2D eigenvalue weighted by atomic mass is 9.82. The van der Waals surface area contributed by atoms with Gasteiger partial charge in [0, 0.05) is 47.9 Å². The average Bonchev–Trinajstić information content (AvgIpc) is 2.65. The Bertz CT molecular complexity index is 855. The van der Waals surface area contributed by atoms with Crippen molar-refractivity contribution >= 4 is 17.5 Å². The summed E-state index contributed by atoms with van der Waals surface area (Å²) in [6.45, 7) is 4.97. The van der Waals surface area contributed by atoms with Gasteiger partial charge < -0.3 is 25.8 Å². The zero-order valence-electron chi connectivity index (χ0n) is 15.9. The number of likely N-dealkylation sites (tertiary alicyclic amines) is 1. The molecular formula is C22H26FN3O2. The van der Waals surface area contributed by atoms with E-state index < -0.39 is 0 Å². The summed E-state index contributed by atoms with van der Waals surface area (Å²) in [4.78, 5) is 2.29. The Balaban J connectivity index is 1.45. The Hall–Kier alpha value is -2.73. The minimum atomic E-state index is -0.226. The van der Waals surface area contributed by atoms with Crippen LogP contribution < -0.4 is 11.1 Å². The van der Waals surface area contributed by atoms with Crippen LogP contribution in [0.1, 0.15) is 11.1 Å². The van der Waals surface area contributed by atoms with E-state index in [0.717, 1.165) is 29.9 Å². The Morgan fingerprint density at radius 3 is 2.54 bits per heavy atom. The number of aromatic hydroxyl groups is 1. The van der Waals surface area contributed by atoms with E-state index in [1.54, 1.807) is 24.3 Å². The van der Waals surface area contributed by atoms with E-state index >= 15 is 0 Å². The van der Waals surface area contributed by atoms with Crippen molar-refractivity contribution in [2.75, 3.05) is 37.4 Å². The highest BCUT2D eigenvalue weighted by molar-refractivity contribution is 5.67. The molecule has 4 rings (SSSR count). The number of halogens is 1. The molecule has 0 amide bonds. The smallest absolute Gasteiger partial charge is 0.123 e. The fourth-order valence-electron chi connectivity index (χ4n) is 4.13. The Morgan fingerprint density at radius 2 is 1.86 bits per heavy atom. The van der Waals surface area contributed by atoms with Gasteiger partial charge in [-0.3, -0.25) is 0 Å². The highest BCUT2D eigenvalue weighted by Crippen LogP contribution is 2.31. The summed E-state index contributed by atoms with van der Waals surface area (Å²) in [6, 6.07) is 10.3. The summed E-state index contributed by atoms with van der Waals surface area (Å²) in [6.07, 6.45) is 4.01. The van der Waals surface area contributed by atoms with Crippen LogP contribution in [0.25, 0.3) is 6.08 Å². The fourth-order valence-corrected chi connectivity index (χ4v) is 4.13. The maximum Gasteiger partial charge on any atom is 0.123 e. The van der Waals surface area contributed by atoms with E-state index in [4.69, 9.17) is 10.5 Å². The van der Waals surface area contributed by atoms with Gasteiger partial charge in [0.2, 0.25) is 0 Å². The number of nitrogen functional groups attached to an aromatic ring is 1. The van der Waals surface area contributed by atoms with Gasteiger partial charge in [-0.05, 0) is 61.2 Å². The lowest BCUT2D eigenvalue weighted by molar-refractivity contribution is -0.0376. The van der Waals surface area contributed by atoms with Crippen molar-refractivity contribution in [3.8, 4) is 5.75 Å². The first-order valence-electron chi connectivity index (χ1n) is 9.61. The number of nitrogens with two attached hydrogens (primary N) is 1. The van der Waals surface area contributed by atoms with Gasteiger partial charge in [-0.2, -0.15) is 0 Å². The number of phenols is 1. The third-order valence-electron chi connectivity index (χ3n) is 5.66. The normalized spacial score (nSPS) is 24.5. The van der Waals surface area contributed by atoms with E-state index in [0.29, 0.717) is 36.8 Å². The number of nitrogens with one attached hydrogen (secondary N) is 1. The minimum Gasteiger partial charge on any atom is -0.508 e. The molecule has 2 saturated heterocycles. The number of anilines is 2. The van der Waals surface area contributed by atoms with E-state index in [9.17, 15) is 9.50 Å². The molecule has 0 radical (unpaired) electrons. The first-order valence-corrected chi connectivity index (χ1v) is 9.61. The second kappa shape index (κ2) is 7.72. The SMILES string of the molecule is Cc1cc(N)c(/C=C/N2CC3COC[C@H](C2)C3Nc2ccc(F)cc2)cc1O. The molecule has 0 saturated carbocycles. The molecule has 2 aromatic carbocycles. The number of phenolic OH excluding ortho intramolecular Hbond substituents is 1. The molecule has 2 aliphatic heterocycles. The summed E-state index contributed by atoms with van der Waals surface area (Å²) in [7, 11) is 0. The van der Waals surface area contributed by atoms with Crippen molar-refractivity contribution in [3.05, 3.63) is 59.5 Å². The molecule has 2 bridgehead atoms. The summed E-state index contributed by atoms with van der Waals surface area (Å²) in [5.74, 6) is 0.703. The van der Waals surface area contributed by atoms with Crippen LogP contribution in [0.4, 0.5) is 15.8 Å². The van der Waals surface area contributed by atoms with Gasteiger partial charge in [-0.25, -0.2) is 4.39 Å². The predicted molar refractivity (Wildman–Crippen MR) is 109 cm³/mol. The molecular weight excluding hydrogens is 357 g/mol. The molecule has 2 aliphatic rings. The van der Waals surface area contributed by atoms with Crippen molar-refractivity contribution in [1.82, 2.24) is 4.90 Å². The van der Waals surface area contributed by atoms with Gasteiger partial charge in [-0.1, -0.05) is 0 Å². The molecule has 148 valence electrons. The summed E-state index contributed by atoms with van der Waals surface area (Å²) in [5.41, 5.74) is 9.26. The van der Waals surface area contributed by atoms with Crippen molar-refractivity contribution in [2.24, 2.45) is 11.8 Å². The van der Waals surface area contributed by atoms with Gasteiger partial charge in [0.05, 0.1) is 13.2 Å². The summed E-state index contributed by atoms with van der Waals surface area (Å²) in [5, 5.41) is 13.5. The maximum absolute atomic E-state index is 13.2. The molecule has 0 aliphatic carbocycles. The third kappa shape index (κ3) is 3.92. The highest BCUT2D eigenvalue weighted by Gasteiger charge is 2.39. The fraction of sp³-hybridized carbons (Fsp3) is 0.364. The lowest BCUT2D eigenvalue weighted by Crippen LogP contribution is -2.56. The molecule has 0 spiro atoms. The molecule has 2 aromatic rings. The first-order chi connectivity index (χ1) is 13.5. The van der Waals surface area contributed by atoms with Crippen LogP contribution >= 0.6 is 0 Å². The zero-order chi connectivity index (χ0) is 19.7. The Morgan fingerprint density at radius 1 is 1.18 bits per heavy atom. The van der Waals surface area contributed by atoms with Crippen LogP contribution in [0, 0.1) is 24.6 Å². The standard InChI is InChI=1S/C22H26FN3O2/c1-14-8-20(24)15(9-21(14)27)6-7-26-10-16-12-28-13-17(11-26)22(16)25-19-4-2-18(23)3-5-19/h2-9,16-17,22,25,27H,10-13,24H2,1H3/b7-6+/t16-,17?,22?/m0/s1. The number of ether oxygens (including phenoxy) is 1. The number of hydrogen-bond donors (Lipinski definition) is 3. The van der Waals surface area contributed by atoms with Gasteiger partial charge in [0.15, 0.2) is 0 Å².